The molecule has 0 N–H and O–H groups in total. The average molecular weight is 267 g/mol. The van der Waals surface area contributed by atoms with E-state index < -0.39 is 0 Å². The smallest absolute Gasteiger partial charge is 0.410 e. The van der Waals surface area contributed by atoms with Crippen molar-refractivity contribution in [1.29, 1.82) is 0 Å². The van der Waals surface area contributed by atoms with Crippen LogP contribution in [0.15, 0.2) is 11.6 Å². The van der Waals surface area contributed by atoms with E-state index in [0.717, 1.165) is 31.3 Å². The molecule has 5 heteroatoms. The van der Waals surface area contributed by atoms with Gasteiger partial charge in [-0.25, -0.2) is 9.59 Å². The third kappa shape index (κ3) is 3.08. The SMILES string of the molecule is CCOC(=O)C=C1CC2CCC(C1)N2C(=O)OCC. The first kappa shape index (κ1) is 13.9. The second-order valence-electron chi connectivity index (χ2n) is 4.95. The van der Waals surface area contributed by atoms with Crippen LogP contribution in [0.25, 0.3) is 0 Å². The number of amides is 1. The number of hydrogen-bond acceptors (Lipinski definition) is 4. The molecule has 5 nitrogen and oxygen atoms in total. The lowest BCUT2D eigenvalue weighted by atomic mass is 9.97. The van der Waals surface area contributed by atoms with Crippen LogP contribution in [0.5, 0.6) is 0 Å². The summed E-state index contributed by atoms with van der Waals surface area (Å²) in [4.78, 5) is 25.2. The number of hydrogen-bond donors (Lipinski definition) is 0. The van der Waals surface area contributed by atoms with Gasteiger partial charge in [0.1, 0.15) is 0 Å². The van der Waals surface area contributed by atoms with E-state index in [1.165, 1.54) is 0 Å². The largest absolute Gasteiger partial charge is 0.463 e. The van der Waals surface area contributed by atoms with Crippen molar-refractivity contribution in [1.82, 2.24) is 4.90 Å². The first-order valence-electron chi connectivity index (χ1n) is 6.97. The Morgan fingerprint density at radius 2 is 1.74 bits per heavy atom. The number of piperidine rings is 1. The normalized spacial score (nSPS) is 25.2. The molecule has 1 amide bonds. The van der Waals surface area contributed by atoms with Crippen molar-refractivity contribution in [2.24, 2.45) is 0 Å². The maximum atomic E-state index is 11.9. The Kier molecular flexibility index (Phi) is 4.45. The minimum Gasteiger partial charge on any atom is -0.463 e. The zero-order valence-electron chi connectivity index (χ0n) is 11.6. The van der Waals surface area contributed by atoms with Gasteiger partial charge in [-0.1, -0.05) is 5.57 Å². The lowest BCUT2D eigenvalue weighted by Crippen LogP contribution is -2.45. The number of esters is 1. The van der Waals surface area contributed by atoms with Gasteiger partial charge >= 0.3 is 12.1 Å². The molecule has 0 saturated carbocycles. The maximum Gasteiger partial charge on any atom is 0.410 e. The van der Waals surface area contributed by atoms with Gasteiger partial charge in [-0.05, 0) is 39.5 Å². The van der Waals surface area contributed by atoms with Crippen molar-refractivity contribution >= 4 is 12.1 Å². The van der Waals surface area contributed by atoms with Crippen LogP contribution < -0.4 is 0 Å². The molecule has 2 aliphatic rings. The molecule has 2 atom stereocenters. The molecule has 0 radical (unpaired) electrons. The molecule has 0 aromatic heterocycles. The molecular weight excluding hydrogens is 246 g/mol. The molecule has 0 aromatic carbocycles. The van der Waals surface area contributed by atoms with Gasteiger partial charge in [0.05, 0.1) is 13.2 Å². The van der Waals surface area contributed by atoms with Crippen LogP contribution in [0.2, 0.25) is 0 Å². The fourth-order valence-corrected chi connectivity index (χ4v) is 3.02. The Labute approximate surface area is 113 Å². The highest BCUT2D eigenvalue weighted by atomic mass is 16.6. The van der Waals surface area contributed by atoms with Crippen molar-refractivity contribution in [3.63, 3.8) is 0 Å². The standard InChI is InChI=1S/C14H21NO4/c1-3-18-13(16)9-10-7-11-5-6-12(8-10)15(11)14(17)19-4-2/h9,11-12H,3-8H2,1-2H3. The molecule has 106 valence electrons. The zero-order chi connectivity index (χ0) is 13.8. The molecule has 0 aromatic rings. The van der Waals surface area contributed by atoms with E-state index in [1.807, 2.05) is 11.8 Å². The molecule has 2 rings (SSSR count). The van der Waals surface area contributed by atoms with E-state index in [1.54, 1.807) is 13.0 Å². The predicted octanol–water partition coefficient (Wildman–Crippen LogP) is 2.26. The molecule has 2 heterocycles. The second-order valence-corrected chi connectivity index (χ2v) is 4.95. The molecule has 2 unspecified atom stereocenters. The number of rotatable bonds is 3. The van der Waals surface area contributed by atoms with Gasteiger partial charge in [-0.3, -0.25) is 0 Å². The van der Waals surface area contributed by atoms with E-state index in [-0.39, 0.29) is 24.1 Å². The van der Waals surface area contributed by atoms with Gasteiger partial charge in [-0.15, -0.1) is 0 Å². The third-order valence-corrected chi connectivity index (χ3v) is 3.70. The van der Waals surface area contributed by atoms with Gasteiger partial charge in [-0.2, -0.15) is 0 Å². The first-order valence-corrected chi connectivity index (χ1v) is 6.97. The number of ether oxygens (including phenoxy) is 2. The Hall–Kier alpha value is -1.52. The number of carbonyl (C=O) groups excluding carboxylic acids is 2. The fourth-order valence-electron chi connectivity index (χ4n) is 3.02. The Bertz CT molecular complexity index is 375. The Morgan fingerprint density at radius 1 is 1.16 bits per heavy atom. The summed E-state index contributed by atoms with van der Waals surface area (Å²) in [7, 11) is 0. The van der Waals surface area contributed by atoms with Gasteiger partial charge in [0.2, 0.25) is 0 Å². The van der Waals surface area contributed by atoms with E-state index in [4.69, 9.17) is 9.47 Å². The topological polar surface area (TPSA) is 55.8 Å². The summed E-state index contributed by atoms with van der Waals surface area (Å²) in [6, 6.07) is 0.358. The number of carbonyl (C=O) groups is 2. The van der Waals surface area contributed by atoms with Crippen LogP contribution in [0.3, 0.4) is 0 Å². The minimum absolute atomic E-state index is 0.179. The Morgan fingerprint density at radius 3 is 2.26 bits per heavy atom. The van der Waals surface area contributed by atoms with E-state index in [9.17, 15) is 9.59 Å². The summed E-state index contributed by atoms with van der Waals surface area (Å²) >= 11 is 0. The molecule has 2 bridgehead atoms. The van der Waals surface area contributed by atoms with Crippen molar-refractivity contribution < 1.29 is 19.1 Å². The van der Waals surface area contributed by atoms with Gasteiger partial charge < -0.3 is 14.4 Å². The fraction of sp³-hybridized carbons (Fsp3) is 0.714. The van der Waals surface area contributed by atoms with Crippen LogP contribution in [0, 0.1) is 0 Å². The van der Waals surface area contributed by atoms with E-state index in [0.29, 0.717) is 13.2 Å². The van der Waals surface area contributed by atoms with Crippen molar-refractivity contribution in [2.75, 3.05) is 13.2 Å². The molecule has 2 saturated heterocycles. The monoisotopic (exact) mass is 267 g/mol. The van der Waals surface area contributed by atoms with Crippen LogP contribution >= 0.6 is 0 Å². The van der Waals surface area contributed by atoms with E-state index >= 15 is 0 Å². The lowest BCUT2D eigenvalue weighted by molar-refractivity contribution is -0.137. The summed E-state index contributed by atoms with van der Waals surface area (Å²) in [6.45, 7) is 4.41. The van der Waals surface area contributed by atoms with Crippen LogP contribution in [-0.2, 0) is 14.3 Å². The highest BCUT2D eigenvalue weighted by Crippen LogP contribution is 2.38. The summed E-state index contributed by atoms with van der Waals surface area (Å²) in [6.07, 6.45) is 4.87. The number of nitrogens with zero attached hydrogens (tertiary/aromatic N) is 1. The molecular formula is C14H21NO4. The summed E-state index contributed by atoms with van der Waals surface area (Å²) in [5.41, 5.74) is 1.09. The average Bonchev–Trinajstić information content (AvgIpc) is 2.62. The minimum atomic E-state index is -0.276. The van der Waals surface area contributed by atoms with Crippen molar-refractivity contribution in [2.45, 2.75) is 51.6 Å². The predicted molar refractivity (Wildman–Crippen MR) is 69.6 cm³/mol. The summed E-state index contributed by atoms with van der Waals surface area (Å²) in [5.74, 6) is -0.276. The van der Waals surface area contributed by atoms with Gasteiger partial charge in [0, 0.05) is 18.2 Å². The zero-order valence-corrected chi connectivity index (χ0v) is 11.6. The second kappa shape index (κ2) is 6.08. The molecule has 0 spiro atoms. The van der Waals surface area contributed by atoms with Gasteiger partial charge in [0.25, 0.3) is 0 Å². The highest BCUT2D eigenvalue weighted by Gasteiger charge is 2.42. The molecule has 19 heavy (non-hydrogen) atoms. The summed E-state index contributed by atoms with van der Waals surface area (Å²) in [5, 5.41) is 0. The van der Waals surface area contributed by atoms with Crippen LogP contribution in [-0.4, -0.2) is 42.3 Å². The van der Waals surface area contributed by atoms with Crippen LogP contribution in [0.1, 0.15) is 39.5 Å². The van der Waals surface area contributed by atoms with Crippen molar-refractivity contribution in [3.8, 4) is 0 Å². The van der Waals surface area contributed by atoms with Crippen molar-refractivity contribution in [3.05, 3.63) is 11.6 Å². The molecule has 0 aliphatic carbocycles. The molecule has 2 aliphatic heterocycles. The van der Waals surface area contributed by atoms with Gasteiger partial charge in [0.15, 0.2) is 0 Å². The lowest BCUT2D eigenvalue weighted by Gasteiger charge is -2.35. The highest BCUT2D eigenvalue weighted by molar-refractivity contribution is 5.83. The summed E-state index contributed by atoms with van der Waals surface area (Å²) < 4.78 is 10.0. The van der Waals surface area contributed by atoms with Crippen LogP contribution in [0.4, 0.5) is 4.79 Å². The van der Waals surface area contributed by atoms with E-state index in [2.05, 4.69) is 0 Å². The number of fused-ring (bicyclic) bond motifs is 2. The molecule has 2 fully saturated rings. The first-order chi connectivity index (χ1) is 9.15. The third-order valence-electron chi connectivity index (χ3n) is 3.70. The quantitative estimate of drug-likeness (QED) is 0.581. The Balaban J connectivity index is 2.01. The maximum absolute atomic E-state index is 11.9.